The third-order valence-corrected chi connectivity index (χ3v) is 3.76. The zero-order chi connectivity index (χ0) is 16.8. The minimum atomic E-state index is -0.910. The largest absolute Gasteiger partial charge is 0.491 e. The molecular formula is C20H17NO3. The molecule has 0 fully saturated rings. The second-order valence-electron chi connectivity index (χ2n) is 5.37. The number of hydrogen-bond donors (Lipinski definition) is 1. The molecule has 4 nitrogen and oxygen atoms in total. The van der Waals surface area contributed by atoms with Crippen molar-refractivity contribution in [3.8, 4) is 16.9 Å². The summed E-state index contributed by atoms with van der Waals surface area (Å²) in [7, 11) is 0. The van der Waals surface area contributed by atoms with Gasteiger partial charge in [-0.3, -0.25) is 0 Å². The third-order valence-electron chi connectivity index (χ3n) is 3.76. The Bertz CT molecular complexity index is 801. The SMILES string of the molecule is O=Nc1ccccc1C(O)COc1ccc(-c2ccccc2)cc1. The monoisotopic (exact) mass is 319 g/mol. The first-order valence-electron chi connectivity index (χ1n) is 7.66. The summed E-state index contributed by atoms with van der Waals surface area (Å²) < 4.78 is 5.62. The average molecular weight is 319 g/mol. The highest BCUT2D eigenvalue weighted by molar-refractivity contribution is 5.63. The molecule has 0 amide bonds. The second-order valence-corrected chi connectivity index (χ2v) is 5.37. The van der Waals surface area contributed by atoms with Crippen molar-refractivity contribution in [2.45, 2.75) is 6.10 Å². The van der Waals surface area contributed by atoms with Gasteiger partial charge in [-0.15, -0.1) is 4.91 Å². The van der Waals surface area contributed by atoms with Gasteiger partial charge in [-0.1, -0.05) is 60.7 Å². The molecule has 1 atom stereocenters. The van der Waals surface area contributed by atoms with E-state index in [9.17, 15) is 10.0 Å². The van der Waals surface area contributed by atoms with E-state index in [1.807, 2.05) is 54.6 Å². The second kappa shape index (κ2) is 7.53. The summed E-state index contributed by atoms with van der Waals surface area (Å²) in [5.74, 6) is 0.658. The zero-order valence-corrected chi connectivity index (χ0v) is 13.0. The fourth-order valence-corrected chi connectivity index (χ4v) is 2.49. The third kappa shape index (κ3) is 3.67. The number of rotatable bonds is 6. The standard InChI is InChI=1S/C20H17NO3/c22-20(18-8-4-5-9-19(18)21-23)14-24-17-12-10-16(11-13-17)15-6-2-1-3-7-15/h1-13,20,22H,14H2. The Morgan fingerprint density at radius 1 is 0.833 bits per heavy atom. The number of hydrogen-bond acceptors (Lipinski definition) is 4. The van der Waals surface area contributed by atoms with Crippen molar-refractivity contribution in [2.75, 3.05) is 6.61 Å². The van der Waals surface area contributed by atoms with Crippen LogP contribution in [-0.2, 0) is 0 Å². The lowest BCUT2D eigenvalue weighted by atomic mass is 10.1. The van der Waals surface area contributed by atoms with E-state index in [4.69, 9.17) is 4.74 Å². The lowest BCUT2D eigenvalue weighted by Gasteiger charge is -2.14. The van der Waals surface area contributed by atoms with E-state index >= 15 is 0 Å². The van der Waals surface area contributed by atoms with Crippen LogP contribution in [-0.4, -0.2) is 11.7 Å². The smallest absolute Gasteiger partial charge is 0.119 e. The van der Waals surface area contributed by atoms with Crippen molar-refractivity contribution in [1.82, 2.24) is 0 Å². The molecule has 0 spiro atoms. The van der Waals surface area contributed by atoms with E-state index in [-0.39, 0.29) is 12.3 Å². The van der Waals surface area contributed by atoms with Crippen LogP contribution < -0.4 is 4.74 Å². The number of benzene rings is 3. The first-order valence-corrected chi connectivity index (χ1v) is 7.66. The summed E-state index contributed by atoms with van der Waals surface area (Å²) in [4.78, 5) is 10.8. The van der Waals surface area contributed by atoms with Crippen molar-refractivity contribution in [3.63, 3.8) is 0 Å². The molecular weight excluding hydrogens is 302 g/mol. The molecule has 0 saturated heterocycles. The lowest BCUT2D eigenvalue weighted by molar-refractivity contribution is 0.108. The van der Waals surface area contributed by atoms with Gasteiger partial charge in [-0.2, -0.15) is 0 Å². The average Bonchev–Trinajstić information content (AvgIpc) is 2.67. The van der Waals surface area contributed by atoms with E-state index in [2.05, 4.69) is 5.18 Å². The van der Waals surface area contributed by atoms with E-state index < -0.39 is 6.10 Å². The van der Waals surface area contributed by atoms with Gasteiger partial charge in [0.25, 0.3) is 0 Å². The van der Waals surface area contributed by atoms with Crippen LogP contribution >= 0.6 is 0 Å². The van der Waals surface area contributed by atoms with Crippen LogP contribution in [0.2, 0.25) is 0 Å². The molecule has 0 aromatic heterocycles. The molecule has 0 saturated carbocycles. The Labute approximate surface area is 140 Å². The van der Waals surface area contributed by atoms with Crippen molar-refractivity contribution in [2.24, 2.45) is 5.18 Å². The molecule has 0 radical (unpaired) electrons. The predicted molar refractivity (Wildman–Crippen MR) is 94.2 cm³/mol. The summed E-state index contributed by atoms with van der Waals surface area (Å²) in [6, 6.07) is 24.4. The Kier molecular flexibility index (Phi) is 4.99. The van der Waals surface area contributed by atoms with Gasteiger partial charge in [0.05, 0.1) is 0 Å². The highest BCUT2D eigenvalue weighted by atomic mass is 16.5. The van der Waals surface area contributed by atoms with E-state index in [1.165, 1.54) is 0 Å². The van der Waals surface area contributed by atoms with E-state index in [0.29, 0.717) is 11.3 Å². The summed E-state index contributed by atoms with van der Waals surface area (Å²) >= 11 is 0. The van der Waals surface area contributed by atoms with Gasteiger partial charge in [0, 0.05) is 5.56 Å². The van der Waals surface area contributed by atoms with Crippen LogP contribution in [0.4, 0.5) is 5.69 Å². The molecule has 1 N–H and O–H groups in total. The fourth-order valence-electron chi connectivity index (χ4n) is 2.49. The molecule has 1 unspecified atom stereocenters. The minimum Gasteiger partial charge on any atom is -0.491 e. The van der Waals surface area contributed by atoms with Crippen LogP contribution in [0.15, 0.2) is 84.0 Å². The molecule has 0 bridgehead atoms. The van der Waals surface area contributed by atoms with Crippen LogP contribution in [0.5, 0.6) is 5.75 Å². The van der Waals surface area contributed by atoms with E-state index in [1.54, 1.807) is 24.3 Å². The molecule has 0 heterocycles. The lowest BCUT2D eigenvalue weighted by Crippen LogP contribution is -2.09. The number of aliphatic hydroxyl groups excluding tert-OH is 1. The summed E-state index contributed by atoms with van der Waals surface area (Å²) in [6.07, 6.45) is -0.910. The van der Waals surface area contributed by atoms with Gasteiger partial charge >= 0.3 is 0 Å². The highest BCUT2D eigenvalue weighted by Crippen LogP contribution is 2.27. The minimum absolute atomic E-state index is 0.0528. The van der Waals surface area contributed by atoms with Crippen LogP contribution in [0.25, 0.3) is 11.1 Å². The number of nitrogens with zero attached hydrogens (tertiary/aromatic N) is 1. The first kappa shape index (κ1) is 15.9. The Morgan fingerprint density at radius 2 is 1.46 bits per heavy atom. The summed E-state index contributed by atoms with van der Waals surface area (Å²) in [6.45, 7) is 0.0528. The zero-order valence-electron chi connectivity index (χ0n) is 13.0. The van der Waals surface area contributed by atoms with Gasteiger partial charge in [-0.05, 0) is 34.5 Å². The van der Waals surface area contributed by atoms with Crippen molar-refractivity contribution in [3.05, 3.63) is 89.3 Å². The molecule has 4 heteroatoms. The molecule has 0 aliphatic heterocycles. The number of nitroso groups, excluding NO2 is 1. The Balaban J connectivity index is 1.65. The van der Waals surface area contributed by atoms with Gasteiger partial charge in [-0.25, -0.2) is 0 Å². The quantitative estimate of drug-likeness (QED) is 0.660. The maximum absolute atomic E-state index is 10.8. The van der Waals surface area contributed by atoms with Gasteiger partial charge in [0.2, 0.25) is 0 Å². The highest BCUT2D eigenvalue weighted by Gasteiger charge is 2.13. The van der Waals surface area contributed by atoms with Crippen molar-refractivity contribution < 1.29 is 9.84 Å². The molecule has 3 rings (SSSR count). The maximum Gasteiger partial charge on any atom is 0.119 e. The molecule has 0 aliphatic carbocycles. The maximum atomic E-state index is 10.8. The van der Waals surface area contributed by atoms with Gasteiger partial charge in [0.1, 0.15) is 24.1 Å². The molecule has 3 aromatic carbocycles. The topological polar surface area (TPSA) is 58.9 Å². The number of aliphatic hydroxyl groups is 1. The predicted octanol–water partition coefficient (Wildman–Crippen LogP) is 4.86. The van der Waals surface area contributed by atoms with Gasteiger partial charge < -0.3 is 9.84 Å². The van der Waals surface area contributed by atoms with Crippen molar-refractivity contribution >= 4 is 5.69 Å². The van der Waals surface area contributed by atoms with Crippen LogP contribution in [0, 0.1) is 4.91 Å². The Morgan fingerprint density at radius 3 is 2.17 bits per heavy atom. The van der Waals surface area contributed by atoms with Crippen LogP contribution in [0.3, 0.4) is 0 Å². The normalized spacial score (nSPS) is 11.7. The number of ether oxygens (including phenoxy) is 1. The van der Waals surface area contributed by atoms with Crippen LogP contribution in [0.1, 0.15) is 11.7 Å². The first-order chi connectivity index (χ1) is 11.8. The van der Waals surface area contributed by atoms with Gasteiger partial charge in [0.15, 0.2) is 0 Å². The molecule has 0 aliphatic rings. The summed E-state index contributed by atoms with van der Waals surface area (Å²) in [5.41, 5.74) is 2.93. The molecule has 3 aromatic rings. The molecule has 24 heavy (non-hydrogen) atoms. The van der Waals surface area contributed by atoms with E-state index in [0.717, 1.165) is 11.1 Å². The Hall–Kier alpha value is -2.98. The van der Waals surface area contributed by atoms with Crippen molar-refractivity contribution in [1.29, 1.82) is 0 Å². The summed E-state index contributed by atoms with van der Waals surface area (Å²) in [5, 5.41) is 13.1. The fraction of sp³-hybridized carbons (Fsp3) is 0.100. The molecule has 120 valence electrons.